The number of rotatable bonds is 3. The molecule has 0 N–H and O–H groups in total. The maximum absolute atomic E-state index is 4.04. The van der Waals surface area contributed by atoms with Crippen LogP contribution in [-0.2, 0) is 32.9 Å². The Balaban J connectivity index is 0.000000433. The Morgan fingerprint density at radius 1 is 0.438 bits per heavy atom. The Labute approximate surface area is 220 Å². The van der Waals surface area contributed by atoms with Gasteiger partial charge in [-0.3, -0.25) is 0 Å². The number of halogens is 1. The zero-order chi connectivity index (χ0) is 24.8. The third-order valence-corrected chi connectivity index (χ3v) is 4.67. The summed E-state index contributed by atoms with van der Waals surface area (Å²) in [6.07, 6.45) is 0. The quantitative estimate of drug-likeness (QED) is 0.166. The third kappa shape index (κ3) is 13.6. The van der Waals surface area contributed by atoms with Gasteiger partial charge >= 0.3 is 35.9 Å². The van der Waals surface area contributed by atoms with Crippen LogP contribution in [0.5, 0.6) is 0 Å². The van der Waals surface area contributed by atoms with Crippen molar-refractivity contribution in [2.45, 2.75) is 57.8 Å². The second-order valence-electron chi connectivity index (χ2n) is 9.75. The summed E-state index contributed by atoms with van der Waals surface area (Å²) in [7, 11) is 0. The van der Waals surface area contributed by atoms with Crippen LogP contribution in [0.4, 0.5) is 0 Å². The van der Waals surface area contributed by atoms with E-state index in [0.717, 1.165) is 0 Å². The summed E-state index contributed by atoms with van der Waals surface area (Å²) in [5.74, 6) is 0. The molecule has 0 unspecified atom stereocenters. The van der Waals surface area contributed by atoms with E-state index < -0.39 is 0 Å². The number of hydrogen-bond donors (Lipinski definition) is 0. The van der Waals surface area contributed by atoms with Gasteiger partial charge in [-0.15, -0.1) is 16.2 Å². The predicted molar refractivity (Wildman–Crippen MR) is 148 cm³/mol. The molecule has 170 valence electrons. The molecule has 0 spiro atoms. The van der Waals surface area contributed by atoms with Crippen LogP contribution < -0.4 is 0 Å². The molecule has 32 heavy (non-hydrogen) atoms. The van der Waals surface area contributed by atoms with Gasteiger partial charge in [-0.25, -0.2) is 0 Å². The minimum atomic E-state index is 0.0429. The van der Waals surface area contributed by atoms with E-state index in [0.29, 0.717) is 0 Å². The Kier molecular flexibility index (Phi) is 14.7. The first kappa shape index (κ1) is 31.1. The minimum absolute atomic E-state index is 0.0429. The molecule has 0 saturated carbocycles. The molecule has 2 heteroatoms. The standard InChI is InChI=1S/3C10H13.HI.Ti/c3*1-10(2,3)9-7-5-4-6-8-9;;/h3*4-8H,1H2,2-3H3;1H;/q3*-1;;+4/p-1. The van der Waals surface area contributed by atoms with E-state index in [1.54, 1.807) is 0 Å². The fraction of sp³-hybridized carbons (Fsp3) is 0.300. The van der Waals surface area contributed by atoms with Gasteiger partial charge in [-0.2, -0.15) is 0 Å². The van der Waals surface area contributed by atoms with Crippen LogP contribution in [0.2, 0.25) is 0 Å². The molecule has 0 atom stereocenters. The van der Waals surface area contributed by atoms with Gasteiger partial charge < -0.3 is 20.8 Å². The SMILES string of the molecule is [CH2-]C(C)(C)c1ccccc1.[CH2-]C(C)(C)c1ccccc1.[CH2-]C(C)(C)c1ccccc1.[Ti+3][I]. The van der Waals surface area contributed by atoms with Gasteiger partial charge in [-0.1, -0.05) is 149 Å². The van der Waals surface area contributed by atoms with E-state index in [4.69, 9.17) is 0 Å². The molecule has 0 bridgehead atoms. The van der Waals surface area contributed by atoms with Crippen molar-refractivity contribution in [2.75, 3.05) is 0 Å². The van der Waals surface area contributed by atoms with Gasteiger partial charge in [0.1, 0.15) is 0 Å². The Morgan fingerprint density at radius 3 is 0.688 bits per heavy atom. The van der Waals surface area contributed by atoms with Crippen LogP contribution in [-0.4, -0.2) is 0 Å². The van der Waals surface area contributed by atoms with Crippen LogP contribution in [0.1, 0.15) is 58.2 Å². The van der Waals surface area contributed by atoms with Crippen LogP contribution in [0.15, 0.2) is 91.0 Å². The predicted octanol–water partition coefficient (Wildman–Crippen LogP) is 9.28. The van der Waals surface area contributed by atoms with Crippen molar-refractivity contribution in [1.82, 2.24) is 0 Å². The maximum atomic E-state index is 4.04. The molecule has 0 aliphatic heterocycles. The summed E-state index contributed by atoms with van der Waals surface area (Å²) in [5.41, 5.74) is 3.99. The van der Waals surface area contributed by atoms with Crippen molar-refractivity contribution >= 4 is 19.2 Å². The van der Waals surface area contributed by atoms with Gasteiger partial charge in [0.2, 0.25) is 0 Å². The summed E-state index contributed by atoms with van der Waals surface area (Å²) in [4.78, 5) is 0. The molecule has 0 aromatic heterocycles. The molecule has 0 fully saturated rings. The van der Waals surface area contributed by atoms with Gasteiger partial charge in [0.15, 0.2) is 0 Å². The van der Waals surface area contributed by atoms with Crippen molar-refractivity contribution in [1.29, 1.82) is 0 Å². The fourth-order valence-corrected chi connectivity index (χ4v) is 2.67. The van der Waals surface area contributed by atoms with Crippen molar-refractivity contribution in [2.24, 2.45) is 0 Å². The second kappa shape index (κ2) is 15.1. The van der Waals surface area contributed by atoms with Gasteiger partial charge in [0.25, 0.3) is 0 Å². The average Bonchev–Trinajstić information content (AvgIpc) is 2.76. The van der Waals surface area contributed by atoms with E-state index >= 15 is 0 Å². The summed E-state index contributed by atoms with van der Waals surface area (Å²) in [5, 5.41) is 0. The molecule has 0 heterocycles. The summed E-state index contributed by atoms with van der Waals surface area (Å²) < 4.78 is 0. The van der Waals surface area contributed by atoms with Gasteiger partial charge in [0, 0.05) is 0 Å². The molecule has 0 amide bonds. The molecular weight excluding hydrogens is 535 g/mol. The van der Waals surface area contributed by atoms with Crippen LogP contribution in [0.25, 0.3) is 0 Å². The first-order valence-electron chi connectivity index (χ1n) is 10.7. The van der Waals surface area contributed by atoms with E-state index in [1.165, 1.54) is 16.7 Å². The topological polar surface area (TPSA) is 0 Å². The molecule has 0 saturated heterocycles. The Bertz CT molecular complexity index is 704. The van der Waals surface area contributed by atoms with E-state index in [1.807, 2.05) is 71.3 Å². The second-order valence-corrected chi connectivity index (χ2v) is 9.75. The molecule has 0 aliphatic rings. The molecule has 0 nitrogen and oxygen atoms in total. The molecular formula is C30H39ITi. The monoisotopic (exact) mass is 574 g/mol. The summed E-state index contributed by atoms with van der Waals surface area (Å²) in [6, 6.07) is 31.0. The van der Waals surface area contributed by atoms with E-state index in [-0.39, 0.29) is 16.2 Å². The van der Waals surface area contributed by atoms with Crippen molar-refractivity contribution < 1.29 is 16.7 Å². The molecule has 3 rings (SSSR count). The van der Waals surface area contributed by atoms with Crippen LogP contribution in [0, 0.1) is 20.8 Å². The molecule has 0 aliphatic carbocycles. The van der Waals surface area contributed by atoms with Gasteiger partial charge in [0.05, 0.1) is 0 Å². The van der Waals surface area contributed by atoms with Crippen molar-refractivity contribution in [3.63, 3.8) is 0 Å². The zero-order valence-corrected chi connectivity index (χ0v) is 24.4. The third-order valence-electron chi connectivity index (χ3n) is 4.67. The Morgan fingerprint density at radius 2 is 0.594 bits per heavy atom. The van der Waals surface area contributed by atoms with E-state index in [9.17, 15) is 0 Å². The first-order chi connectivity index (χ1) is 14.8. The van der Waals surface area contributed by atoms with Crippen LogP contribution >= 0.6 is 19.2 Å². The number of hydrogen-bond acceptors (Lipinski definition) is 0. The van der Waals surface area contributed by atoms with Crippen molar-refractivity contribution in [3.05, 3.63) is 128 Å². The Hall–Kier alpha value is -0.896. The van der Waals surface area contributed by atoms with Crippen molar-refractivity contribution in [3.8, 4) is 0 Å². The first-order valence-corrected chi connectivity index (χ1v) is 15.8. The van der Waals surface area contributed by atoms with Gasteiger partial charge in [-0.05, 0) is 0 Å². The normalized spacial score (nSPS) is 11.0. The van der Waals surface area contributed by atoms with Crippen LogP contribution in [0.3, 0.4) is 0 Å². The number of benzene rings is 3. The molecule has 3 aromatic carbocycles. The summed E-state index contributed by atoms with van der Waals surface area (Å²) >= 11 is 4.12. The fourth-order valence-electron chi connectivity index (χ4n) is 2.67. The zero-order valence-electron chi connectivity index (χ0n) is 20.7. The summed E-state index contributed by atoms with van der Waals surface area (Å²) in [6.45, 7) is 24.8. The van der Waals surface area contributed by atoms with E-state index in [2.05, 4.69) is 118 Å². The average molecular weight is 574 g/mol. The molecule has 0 radical (unpaired) electrons. The molecule has 3 aromatic rings.